The molecule has 0 spiro atoms. The molecule has 6 heteroatoms. The fourth-order valence-corrected chi connectivity index (χ4v) is 0.723. The third-order valence-electron chi connectivity index (χ3n) is 1.36. The Balaban J connectivity index is 4.85. The maximum Gasteiger partial charge on any atom is 0.345 e. The van der Waals surface area contributed by atoms with Crippen LogP contribution in [0, 0.1) is 0 Å². The number of hydrogen-bond acceptors (Lipinski definition) is 6. The van der Waals surface area contributed by atoms with E-state index in [1.165, 1.54) is 0 Å². The van der Waals surface area contributed by atoms with Crippen LogP contribution in [-0.2, 0) is 28.6 Å². The minimum absolute atomic E-state index is 0.144. The summed E-state index contributed by atoms with van der Waals surface area (Å²) in [5.74, 6) is -2.70. The van der Waals surface area contributed by atoms with Crippen molar-refractivity contribution in [1.82, 2.24) is 0 Å². The van der Waals surface area contributed by atoms with Gasteiger partial charge in [0.15, 0.2) is 5.57 Å². The van der Waals surface area contributed by atoms with Crippen molar-refractivity contribution in [3.8, 4) is 0 Å². The molecule has 0 radical (unpaired) electrons. The lowest BCUT2D eigenvalue weighted by Crippen LogP contribution is -2.18. The van der Waals surface area contributed by atoms with E-state index in [1.54, 1.807) is 6.92 Å². The van der Waals surface area contributed by atoms with Gasteiger partial charge in [0.2, 0.25) is 0 Å². The first-order chi connectivity index (χ1) is 7.06. The van der Waals surface area contributed by atoms with Crippen molar-refractivity contribution in [2.45, 2.75) is 6.92 Å². The highest BCUT2D eigenvalue weighted by Crippen LogP contribution is 2.01. The molecule has 0 heterocycles. The molecule has 0 saturated heterocycles. The predicted molar refractivity (Wildman–Crippen MR) is 48.7 cm³/mol. The Morgan fingerprint density at radius 3 is 1.87 bits per heavy atom. The van der Waals surface area contributed by atoms with Crippen LogP contribution in [0.25, 0.3) is 0 Å². The normalized spacial score (nSPS) is 8.73. The Morgan fingerprint density at radius 2 is 1.53 bits per heavy atom. The molecule has 15 heavy (non-hydrogen) atoms. The van der Waals surface area contributed by atoms with E-state index in [1.807, 2.05) is 0 Å². The molecule has 0 aromatic heterocycles. The molecule has 0 aliphatic carbocycles. The third-order valence-corrected chi connectivity index (χ3v) is 1.36. The van der Waals surface area contributed by atoms with Crippen molar-refractivity contribution in [2.75, 3.05) is 20.8 Å². The molecular weight excluding hydrogens is 204 g/mol. The molecule has 0 aromatic rings. The minimum Gasteiger partial charge on any atom is -0.465 e. The highest BCUT2D eigenvalue weighted by atomic mass is 16.5. The van der Waals surface area contributed by atoms with Crippen LogP contribution in [0.1, 0.15) is 6.92 Å². The van der Waals surface area contributed by atoms with E-state index in [-0.39, 0.29) is 6.61 Å². The molecule has 0 N–H and O–H groups in total. The van der Waals surface area contributed by atoms with E-state index < -0.39 is 23.5 Å². The maximum atomic E-state index is 11.1. The Labute approximate surface area is 86.8 Å². The van der Waals surface area contributed by atoms with Crippen LogP contribution < -0.4 is 0 Å². The molecule has 84 valence electrons. The molecule has 0 aromatic carbocycles. The highest BCUT2D eigenvalue weighted by Gasteiger charge is 2.21. The van der Waals surface area contributed by atoms with E-state index in [4.69, 9.17) is 0 Å². The van der Waals surface area contributed by atoms with E-state index in [9.17, 15) is 14.4 Å². The van der Waals surface area contributed by atoms with Gasteiger partial charge >= 0.3 is 17.9 Å². The lowest BCUT2D eigenvalue weighted by molar-refractivity contribution is -0.145. The number of methoxy groups -OCH3 is 2. The number of carbonyl (C=O) groups is 3. The van der Waals surface area contributed by atoms with Crippen molar-refractivity contribution in [2.24, 2.45) is 0 Å². The van der Waals surface area contributed by atoms with E-state index in [2.05, 4.69) is 14.2 Å². The number of hydrogen-bond donors (Lipinski definition) is 0. The van der Waals surface area contributed by atoms with E-state index >= 15 is 0 Å². The summed E-state index contributed by atoms with van der Waals surface area (Å²) in [6.45, 7) is 1.74. The fraction of sp³-hybridized carbons (Fsp3) is 0.444. The summed E-state index contributed by atoms with van der Waals surface area (Å²) in [6, 6.07) is 0. The quantitative estimate of drug-likeness (QED) is 0.213. The Hall–Kier alpha value is -1.85. The second-order valence-electron chi connectivity index (χ2n) is 2.29. The molecule has 0 amide bonds. The Morgan fingerprint density at radius 1 is 1.07 bits per heavy atom. The van der Waals surface area contributed by atoms with Gasteiger partial charge < -0.3 is 14.2 Å². The zero-order chi connectivity index (χ0) is 11.8. The Bertz CT molecular complexity index is 273. The van der Waals surface area contributed by atoms with Gasteiger partial charge in [-0.1, -0.05) is 0 Å². The summed E-state index contributed by atoms with van der Waals surface area (Å²) in [4.78, 5) is 33.1. The van der Waals surface area contributed by atoms with Gasteiger partial charge in [0.05, 0.1) is 20.8 Å². The van der Waals surface area contributed by atoms with Crippen molar-refractivity contribution in [3.63, 3.8) is 0 Å². The fourth-order valence-electron chi connectivity index (χ4n) is 0.723. The van der Waals surface area contributed by atoms with Crippen LogP contribution in [0.5, 0.6) is 0 Å². The summed E-state index contributed by atoms with van der Waals surface area (Å²) in [7, 11) is 2.18. The minimum atomic E-state index is -0.949. The van der Waals surface area contributed by atoms with Gasteiger partial charge in [-0.3, -0.25) is 0 Å². The lowest BCUT2D eigenvalue weighted by Gasteiger charge is -2.02. The largest absolute Gasteiger partial charge is 0.465 e. The molecule has 0 unspecified atom stereocenters. The smallest absolute Gasteiger partial charge is 0.345 e. The summed E-state index contributed by atoms with van der Waals surface area (Å²) in [6.07, 6.45) is 0.737. The van der Waals surface area contributed by atoms with Crippen LogP contribution in [0.2, 0.25) is 0 Å². The highest BCUT2D eigenvalue weighted by molar-refractivity contribution is 6.17. The monoisotopic (exact) mass is 216 g/mol. The van der Waals surface area contributed by atoms with Crippen molar-refractivity contribution < 1.29 is 28.6 Å². The first-order valence-electron chi connectivity index (χ1n) is 4.11. The summed E-state index contributed by atoms with van der Waals surface area (Å²) >= 11 is 0. The van der Waals surface area contributed by atoms with Crippen LogP contribution in [0.15, 0.2) is 11.6 Å². The molecular formula is C9H12O6. The molecule has 0 fully saturated rings. The van der Waals surface area contributed by atoms with Crippen molar-refractivity contribution in [1.29, 1.82) is 0 Å². The molecule has 0 rings (SSSR count). The first kappa shape index (κ1) is 13.2. The zero-order valence-corrected chi connectivity index (χ0v) is 8.73. The molecule has 0 bridgehead atoms. The van der Waals surface area contributed by atoms with Gasteiger partial charge in [-0.05, 0) is 6.92 Å². The average Bonchev–Trinajstić information content (AvgIpc) is 2.24. The van der Waals surface area contributed by atoms with Crippen LogP contribution in [0.4, 0.5) is 0 Å². The maximum absolute atomic E-state index is 11.1. The molecule has 0 aliphatic rings. The average molecular weight is 216 g/mol. The van der Waals surface area contributed by atoms with E-state index in [0.29, 0.717) is 0 Å². The van der Waals surface area contributed by atoms with Gasteiger partial charge in [-0.15, -0.1) is 0 Å². The molecule has 0 aliphatic heterocycles. The second-order valence-corrected chi connectivity index (χ2v) is 2.29. The van der Waals surface area contributed by atoms with Crippen LogP contribution in [0.3, 0.4) is 0 Å². The first-order valence-corrected chi connectivity index (χ1v) is 4.11. The van der Waals surface area contributed by atoms with Gasteiger partial charge in [-0.25, -0.2) is 14.4 Å². The number of ether oxygens (including phenoxy) is 3. The summed E-state index contributed by atoms with van der Waals surface area (Å²) in [5.41, 5.74) is -0.501. The van der Waals surface area contributed by atoms with Crippen molar-refractivity contribution >= 4 is 17.9 Å². The predicted octanol–water partition coefficient (Wildman–Crippen LogP) is -0.178. The number of esters is 3. The van der Waals surface area contributed by atoms with Crippen LogP contribution in [-0.4, -0.2) is 38.7 Å². The summed E-state index contributed by atoms with van der Waals surface area (Å²) < 4.78 is 13.1. The number of carbonyl (C=O) groups excluding carboxylic acids is 3. The van der Waals surface area contributed by atoms with Gasteiger partial charge in [0.25, 0.3) is 0 Å². The van der Waals surface area contributed by atoms with Crippen molar-refractivity contribution in [3.05, 3.63) is 11.6 Å². The lowest BCUT2D eigenvalue weighted by atomic mass is 10.2. The van der Waals surface area contributed by atoms with Crippen LogP contribution >= 0.6 is 0 Å². The number of rotatable bonds is 4. The third kappa shape index (κ3) is 4.26. The van der Waals surface area contributed by atoms with Gasteiger partial charge in [0, 0.05) is 6.08 Å². The molecule has 0 atom stereocenters. The SMILES string of the molecule is CCOC(=O)C=C(C(=O)OC)C(=O)OC. The summed E-state index contributed by atoms with van der Waals surface area (Å²) in [5, 5.41) is 0. The standard InChI is InChI=1S/C9H12O6/c1-4-15-7(10)5-6(8(11)13-2)9(12)14-3/h5H,4H2,1-3H3. The Kier molecular flexibility index (Phi) is 5.77. The zero-order valence-electron chi connectivity index (χ0n) is 8.73. The van der Waals surface area contributed by atoms with Gasteiger partial charge in [-0.2, -0.15) is 0 Å². The van der Waals surface area contributed by atoms with Gasteiger partial charge in [0.1, 0.15) is 0 Å². The molecule has 0 saturated carbocycles. The van der Waals surface area contributed by atoms with E-state index in [0.717, 1.165) is 20.3 Å². The second kappa shape index (κ2) is 6.58. The topological polar surface area (TPSA) is 78.9 Å². The molecule has 6 nitrogen and oxygen atoms in total.